The molecular formula is C10H11N3O5. The lowest BCUT2D eigenvalue weighted by molar-refractivity contribution is -0.394. The summed E-state index contributed by atoms with van der Waals surface area (Å²) < 4.78 is 0. The quantitative estimate of drug-likeness (QED) is 0.482. The van der Waals surface area contributed by atoms with Gasteiger partial charge in [-0.05, 0) is 6.92 Å². The van der Waals surface area contributed by atoms with E-state index < -0.39 is 9.85 Å². The van der Waals surface area contributed by atoms with E-state index in [-0.39, 0.29) is 24.5 Å². The molecule has 0 aliphatic heterocycles. The fraction of sp³-hybridized carbons (Fsp3) is 0.300. The second kappa shape index (κ2) is 5.82. The molecule has 0 saturated heterocycles. The van der Waals surface area contributed by atoms with Gasteiger partial charge in [-0.15, -0.1) is 0 Å². The number of aliphatic hydroxyl groups is 1. The maximum absolute atomic E-state index is 10.7. The molecule has 0 bridgehead atoms. The first-order valence-corrected chi connectivity index (χ1v) is 5.02. The number of aliphatic hydroxyl groups excluding tert-OH is 1. The van der Waals surface area contributed by atoms with E-state index in [0.29, 0.717) is 11.3 Å². The molecule has 1 rings (SSSR count). The normalized spacial score (nSPS) is 11.3. The third-order valence-corrected chi connectivity index (χ3v) is 2.19. The van der Waals surface area contributed by atoms with E-state index in [1.807, 2.05) is 0 Å². The van der Waals surface area contributed by atoms with Crippen LogP contribution in [0.1, 0.15) is 12.5 Å². The van der Waals surface area contributed by atoms with Gasteiger partial charge < -0.3 is 5.11 Å². The molecule has 8 nitrogen and oxygen atoms in total. The Morgan fingerprint density at radius 3 is 2.11 bits per heavy atom. The van der Waals surface area contributed by atoms with Crippen LogP contribution in [0.5, 0.6) is 0 Å². The molecule has 0 fully saturated rings. The average molecular weight is 253 g/mol. The van der Waals surface area contributed by atoms with Gasteiger partial charge in [0.15, 0.2) is 0 Å². The van der Waals surface area contributed by atoms with Crippen molar-refractivity contribution in [1.29, 1.82) is 0 Å². The highest BCUT2D eigenvalue weighted by atomic mass is 16.6. The molecule has 0 aliphatic rings. The van der Waals surface area contributed by atoms with Crippen molar-refractivity contribution < 1.29 is 15.0 Å². The summed E-state index contributed by atoms with van der Waals surface area (Å²) in [6, 6.07) is 3.31. The summed E-state index contributed by atoms with van der Waals surface area (Å²) in [6.07, 6.45) is 0. The van der Waals surface area contributed by atoms with E-state index in [0.717, 1.165) is 6.07 Å². The number of nitro benzene ring substituents is 2. The van der Waals surface area contributed by atoms with Gasteiger partial charge in [0.05, 0.1) is 29.1 Å². The van der Waals surface area contributed by atoms with Crippen molar-refractivity contribution in [2.24, 2.45) is 4.99 Å². The van der Waals surface area contributed by atoms with Crippen LogP contribution in [0.4, 0.5) is 11.4 Å². The Labute approximate surface area is 102 Å². The second-order valence-corrected chi connectivity index (χ2v) is 3.44. The molecular weight excluding hydrogens is 242 g/mol. The summed E-state index contributed by atoms with van der Waals surface area (Å²) in [5.74, 6) is 0. The lowest BCUT2D eigenvalue weighted by Crippen LogP contribution is -2.02. The number of non-ortho nitro benzene ring substituents is 2. The molecule has 0 atom stereocenters. The monoisotopic (exact) mass is 253 g/mol. The molecule has 18 heavy (non-hydrogen) atoms. The van der Waals surface area contributed by atoms with E-state index in [4.69, 9.17) is 5.11 Å². The molecule has 8 heteroatoms. The van der Waals surface area contributed by atoms with Crippen LogP contribution in [0.2, 0.25) is 0 Å². The summed E-state index contributed by atoms with van der Waals surface area (Å²) >= 11 is 0. The van der Waals surface area contributed by atoms with Crippen molar-refractivity contribution >= 4 is 17.1 Å². The number of hydrogen-bond donors (Lipinski definition) is 1. The number of hydrogen-bond acceptors (Lipinski definition) is 6. The van der Waals surface area contributed by atoms with Gasteiger partial charge in [-0.2, -0.15) is 0 Å². The maximum Gasteiger partial charge on any atom is 0.276 e. The zero-order chi connectivity index (χ0) is 13.7. The molecule has 0 amide bonds. The summed E-state index contributed by atoms with van der Waals surface area (Å²) in [6.45, 7) is 1.55. The van der Waals surface area contributed by atoms with Crippen LogP contribution in [-0.4, -0.2) is 33.8 Å². The van der Waals surface area contributed by atoms with Crippen molar-refractivity contribution in [1.82, 2.24) is 0 Å². The Hall–Kier alpha value is -2.35. The lowest BCUT2D eigenvalue weighted by Gasteiger charge is -2.01. The van der Waals surface area contributed by atoms with E-state index in [1.54, 1.807) is 6.92 Å². The minimum Gasteiger partial charge on any atom is -0.394 e. The molecule has 1 aromatic carbocycles. The summed E-state index contributed by atoms with van der Waals surface area (Å²) in [5, 5.41) is 30.0. The molecule has 0 saturated carbocycles. The summed E-state index contributed by atoms with van der Waals surface area (Å²) in [5.41, 5.74) is -0.0318. The predicted molar refractivity (Wildman–Crippen MR) is 63.9 cm³/mol. The van der Waals surface area contributed by atoms with Crippen molar-refractivity contribution in [3.05, 3.63) is 44.0 Å². The first-order chi connectivity index (χ1) is 8.45. The zero-order valence-electron chi connectivity index (χ0n) is 9.57. The van der Waals surface area contributed by atoms with Gasteiger partial charge in [-0.25, -0.2) is 0 Å². The van der Waals surface area contributed by atoms with Gasteiger partial charge in [0.25, 0.3) is 11.4 Å². The van der Waals surface area contributed by atoms with E-state index in [9.17, 15) is 20.2 Å². The number of rotatable bonds is 5. The highest BCUT2D eigenvalue weighted by Gasteiger charge is 2.17. The smallest absolute Gasteiger partial charge is 0.276 e. The summed E-state index contributed by atoms with van der Waals surface area (Å²) in [4.78, 5) is 23.9. The van der Waals surface area contributed by atoms with E-state index in [1.165, 1.54) is 12.1 Å². The van der Waals surface area contributed by atoms with Crippen LogP contribution < -0.4 is 0 Å². The van der Waals surface area contributed by atoms with E-state index >= 15 is 0 Å². The molecule has 96 valence electrons. The van der Waals surface area contributed by atoms with Gasteiger partial charge in [0.2, 0.25) is 0 Å². The average Bonchev–Trinajstić information content (AvgIpc) is 2.35. The molecule has 1 N–H and O–H groups in total. The minimum absolute atomic E-state index is 0.141. The Morgan fingerprint density at radius 1 is 1.22 bits per heavy atom. The number of nitro groups is 2. The Bertz CT molecular complexity index is 480. The fourth-order valence-corrected chi connectivity index (χ4v) is 1.32. The highest BCUT2D eigenvalue weighted by Crippen LogP contribution is 2.23. The third-order valence-electron chi connectivity index (χ3n) is 2.19. The van der Waals surface area contributed by atoms with Gasteiger partial charge >= 0.3 is 0 Å². The number of benzene rings is 1. The van der Waals surface area contributed by atoms with Gasteiger partial charge in [-0.3, -0.25) is 25.2 Å². The largest absolute Gasteiger partial charge is 0.394 e. The zero-order valence-corrected chi connectivity index (χ0v) is 9.57. The molecule has 0 aliphatic carbocycles. The fourth-order valence-electron chi connectivity index (χ4n) is 1.32. The topological polar surface area (TPSA) is 119 Å². The van der Waals surface area contributed by atoms with E-state index in [2.05, 4.69) is 4.99 Å². The molecule has 0 spiro atoms. The second-order valence-electron chi connectivity index (χ2n) is 3.44. The van der Waals surface area contributed by atoms with Crippen molar-refractivity contribution in [2.75, 3.05) is 13.2 Å². The SMILES string of the molecule is CC(=NCCO)c1cc([N+](=O)[O-])cc([N+](=O)[O-])c1. The molecule has 1 aromatic rings. The Balaban J connectivity index is 3.27. The summed E-state index contributed by atoms with van der Waals surface area (Å²) in [7, 11) is 0. The first kappa shape index (κ1) is 13.7. The minimum atomic E-state index is -0.699. The third kappa shape index (κ3) is 3.32. The van der Waals surface area contributed by atoms with Crippen LogP contribution in [0.3, 0.4) is 0 Å². The molecule has 0 radical (unpaired) electrons. The molecule has 0 unspecified atom stereocenters. The van der Waals surface area contributed by atoms with Gasteiger partial charge in [0.1, 0.15) is 0 Å². The van der Waals surface area contributed by atoms with Crippen molar-refractivity contribution in [2.45, 2.75) is 6.92 Å². The molecule has 0 aromatic heterocycles. The van der Waals surface area contributed by atoms with Crippen LogP contribution in [0.15, 0.2) is 23.2 Å². The van der Waals surface area contributed by atoms with Gasteiger partial charge in [0, 0.05) is 23.4 Å². The Kier molecular flexibility index (Phi) is 4.44. The van der Waals surface area contributed by atoms with Crippen molar-refractivity contribution in [3.63, 3.8) is 0 Å². The standard InChI is InChI=1S/C10H11N3O5/c1-7(11-2-3-14)8-4-9(12(15)16)6-10(5-8)13(17)18/h4-6,14H,2-3H2,1H3. The number of aliphatic imine (C=N–C) groups is 1. The predicted octanol–water partition coefficient (Wildman–Crippen LogP) is 1.30. The first-order valence-electron chi connectivity index (χ1n) is 5.02. The lowest BCUT2D eigenvalue weighted by atomic mass is 10.1. The maximum atomic E-state index is 10.7. The molecule has 0 heterocycles. The highest BCUT2D eigenvalue weighted by molar-refractivity contribution is 5.99. The van der Waals surface area contributed by atoms with Crippen LogP contribution in [0.25, 0.3) is 0 Å². The van der Waals surface area contributed by atoms with Gasteiger partial charge in [-0.1, -0.05) is 0 Å². The number of nitrogens with zero attached hydrogens (tertiary/aromatic N) is 3. The van der Waals surface area contributed by atoms with Crippen LogP contribution >= 0.6 is 0 Å². The van der Waals surface area contributed by atoms with Crippen molar-refractivity contribution in [3.8, 4) is 0 Å². The van der Waals surface area contributed by atoms with Crippen LogP contribution in [0, 0.1) is 20.2 Å². The van der Waals surface area contributed by atoms with Crippen LogP contribution in [-0.2, 0) is 0 Å². The Morgan fingerprint density at radius 2 is 1.72 bits per heavy atom.